The van der Waals surface area contributed by atoms with Crippen molar-refractivity contribution in [1.82, 2.24) is 9.78 Å². The molecule has 6 nitrogen and oxygen atoms in total. The topological polar surface area (TPSA) is 73.2 Å². The summed E-state index contributed by atoms with van der Waals surface area (Å²) in [6, 6.07) is 22.1. The molecule has 4 rings (SSSR count). The van der Waals surface area contributed by atoms with Gasteiger partial charge in [-0.3, -0.25) is 4.79 Å². The predicted molar refractivity (Wildman–Crippen MR) is 151 cm³/mol. The zero-order chi connectivity index (χ0) is 27.2. The monoisotopic (exact) mass is 547 g/mol. The molecular formula is C30H27Cl2N3O3. The number of hydrogen-bond acceptors (Lipinski definition) is 4. The van der Waals surface area contributed by atoms with Gasteiger partial charge in [-0.15, -0.1) is 0 Å². The highest BCUT2D eigenvalue weighted by atomic mass is 35.5. The molecule has 194 valence electrons. The molecule has 0 unspecified atom stereocenters. The number of carbonyl (C=O) groups excluding carboxylic acids is 2. The van der Waals surface area contributed by atoms with E-state index in [1.165, 1.54) is 6.08 Å². The third-order valence-corrected chi connectivity index (χ3v) is 6.60. The first-order valence-electron chi connectivity index (χ1n) is 12.0. The smallest absolute Gasteiger partial charge is 0.331 e. The predicted octanol–water partition coefficient (Wildman–Crippen LogP) is 7.10. The lowest BCUT2D eigenvalue weighted by Gasteiger charge is -2.18. The SMILES string of the molecule is Cc1cc(C)cc(NC(=O)[C@@H](OC(=O)/C=C/c2c(C)nn(Cc3ccccc3Cl)c2Cl)c2ccccc2)c1. The summed E-state index contributed by atoms with van der Waals surface area (Å²) < 4.78 is 7.24. The van der Waals surface area contributed by atoms with Gasteiger partial charge in [-0.25, -0.2) is 9.48 Å². The Hall–Kier alpha value is -3.87. The molecule has 0 aliphatic heterocycles. The van der Waals surface area contributed by atoms with Crippen LogP contribution in [0.2, 0.25) is 10.2 Å². The summed E-state index contributed by atoms with van der Waals surface area (Å²) >= 11 is 12.8. The summed E-state index contributed by atoms with van der Waals surface area (Å²) in [6.45, 7) is 6.08. The lowest BCUT2D eigenvalue weighted by molar-refractivity contribution is -0.149. The molecule has 4 aromatic rings. The summed E-state index contributed by atoms with van der Waals surface area (Å²) in [6.07, 6.45) is 1.64. The van der Waals surface area contributed by atoms with Crippen LogP contribution in [0.15, 0.2) is 78.9 Å². The van der Waals surface area contributed by atoms with Crippen molar-refractivity contribution in [2.24, 2.45) is 0 Å². The Morgan fingerprint density at radius 1 is 0.974 bits per heavy atom. The molecule has 1 heterocycles. The lowest BCUT2D eigenvalue weighted by atomic mass is 10.1. The average molecular weight is 548 g/mol. The summed E-state index contributed by atoms with van der Waals surface area (Å²) in [5, 5.41) is 8.32. The molecule has 0 bridgehead atoms. The standard InChI is InChI=1S/C30H27Cl2N3O3/c1-19-15-20(2)17-24(16-19)33-30(37)28(22-9-5-4-6-10-22)38-27(36)14-13-25-21(3)34-35(29(25)32)18-23-11-7-8-12-26(23)31/h4-17,28H,18H2,1-3H3,(H,33,37)/b14-13+/t28-/m0/s1. The molecule has 1 amide bonds. The average Bonchev–Trinajstić information content (AvgIpc) is 3.14. The van der Waals surface area contributed by atoms with E-state index >= 15 is 0 Å². The van der Waals surface area contributed by atoms with Crippen LogP contribution in [0.3, 0.4) is 0 Å². The van der Waals surface area contributed by atoms with Crippen molar-refractivity contribution in [3.8, 4) is 0 Å². The van der Waals surface area contributed by atoms with Crippen LogP contribution in [-0.4, -0.2) is 21.7 Å². The number of carbonyl (C=O) groups is 2. The summed E-state index contributed by atoms with van der Waals surface area (Å²) in [5.74, 6) is -1.14. The van der Waals surface area contributed by atoms with Gasteiger partial charge in [-0.05, 0) is 61.7 Å². The Kier molecular flexibility index (Phi) is 8.66. The van der Waals surface area contributed by atoms with E-state index in [2.05, 4.69) is 10.4 Å². The van der Waals surface area contributed by atoms with Gasteiger partial charge in [-0.2, -0.15) is 5.10 Å². The summed E-state index contributed by atoms with van der Waals surface area (Å²) in [5.41, 5.74) is 5.29. The van der Waals surface area contributed by atoms with Crippen LogP contribution in [0.1, 0.15) is 39.6 Å². The highest BCUT2D eigenvalue weighted by molar-refractivity contribution is 6.32. The number of benzene rings is 3. The molecule has 3 aromatic carbocycles. The quantitative estimate of drug-likeness (QED) is 0.188. The number of ether oxygens (including phenoxy) is 1. The van der Waals surface area contributed by atoms with E-state index in [0.717, 1.165) is 16.7 Å². The molecule has 8 heteroatoms. The number of rotatable bonds is 8. The molecule has 0 aliphatic carbocycles. The van der Waals surface area contributed by atoms with E-state index in [1.807, 2.05) is 56.3 Å². The van der Waals surface area contributed by atoms with Crippen molar-refractivity contribution in [3.63, 3.8) is 0 Å². The van der Waals surface area contributed by atoms with E-state index in [1.54, 1.807) is 48.0 Å². The van der Waals surface area contributed by atoms with Crippen LogP contribution < -0.4 is 5.32 Å². The van der Waals surface area contributed by atoms with Crippen LogP contribution in [-0.2, 0) is 20.9 Å². The van der Waals surface area contributed by atoms with Crippen molar-refractivity contribution in [1.29, 1.82) is 0 Å². The first-order chi connectivity index (χ1) is 18.2. The van der Waals surface area contributed by atoms with Gasteiger partial charge < -0.3 is 10.1 Å². The second-order valence-corrected chi connectivity index (χ2v) is 9.73. The lowest BCUT2D eigenvalue weighted by Crippen LogP contribution is -2.25. The molecule has 0 saturated heterocycles. The number of hydrogen-bond donors (Lipinski definition) is 1. The maximum absolute atomic E-state index is 13.2. The van der Waals surface area contributed by atoms with Crippen LogP contribution in [0, 0.1) is 20.8 Å². The van der Waals surface area contributed by atoms with Gasteiger partial charge in [0.1, 0.15) is 5.15 Å². The zero-order valence-corrected chi connectivity index (χ0v) is 22.8. The third-order valence-electron chi connectivity index (χ3n) is 5.84. The van der Waals surface area contributed by atoms with E-state index < -0.39 is 18.0 Å². The van der Waals surface area contributed by atoms with Gasteiger partial charge >= 0.3 is 5.97 Å². The number of halogens is 2. The molecule has 1 N–H and O–H groups in total. The fraction of sp³-hybridized carbons (Fsp3) is 0.167. The number of esters is 1. The van der Waals surface area contributed by atoms with Crippen molar-refractivity contribution < 1.29 is 14.3 Å². The second-order valence-electron chi connectivity index (χ2n) is 8.97. The van der Waals surface area contributed by atoms with Gasteiger partial charge in [0, 0.05) is 27.9 Å². The van der Waals surface area contributed by atoms with Crippen LogP contribution >= 0.6 is 23.2 Å². The van der Waals surface area contributed by atoms with E-state index in [-0.39, 0.29) is 0 Å². The Bertz CT molecular complexity index is 1480. The maximum atomic E-state index is 13.2. The van der Waals surface area contributed by atoms with Gasteiger partial charge in [-0.1, -0.05) is 77.8 Å². The largest absolute Gasteiger partial charge is 0.444 e. The molecule has 0 fully saturated rings. The first kappa shape index (κ1) is 27.2. The molecule has 0 saturated carbocycles. The van der Waals surface area contributed by atoms with Crippen LogP contribution in [0.25, 0.3) is 6.08 Å². The normalized spacial score (nSPS) is 11.9. The molecule has 0 spiro atoms. The van der Waals surface area contributed by atoms with Crippen molar-refractivity contribution in [3.05, 3.63) is 123 Å². The molecular weight excluding hydrogens is 521 g/mol. The fourth-order valence-electron chi connectivity index (χ4n) is 4.11. The Morgan fingerprint density at radius 2 is 1.63 bits per heavy atom. The number of nitrogens with one attached hydrogen (secondary N) is 1. The number of anilines is 1. The van der Waals surface area contributed by atoms with E-state index in [4.69, 9.17) is 27.9 Å². The molecule has 38 heavy (non-hydrogen) atoms. The second kappa shape index (κ2) is 12.1. The highest BCUT2D eigenvalue weighted by Gasteiger charge is 2.25. The number of nitrogens with zero attached hydrogens (tertiary/aromatic N) is 2. The van der Waals surface area contributed by atoms with E-state index in [0.29, 0.717) is 39.2 Å². The van der Waals surface area contributed by atoms with Gasteiger partial charge in [0.2, 0.25) is 6.10 Å². The van der Waals surface area contributed by atoms with Gasteiger partial charge in [0.25, 0.3) is 5.91 Å². The minimum absolute atomic E-state index is 0.360. The maximum Gasteiger partial charge on any atom is 0.331 e. The summed E-state index contributed by atoms with van der Waals surface area (Å²) in [4.78, 5) is 26.1. The third kappa shape index (κ3) is 6.71. The minimum atomic E-state index is -1.14. The number of aromatic nitrogens is 2. The molecule has 0 radical (unpaired) electrons. The molecule has 1 aromatic heterocycles. The van der Waals surface area contributed by atoms with Crippen molar-refractivity contribution in [2.75, 3.05) is 5.32 Å². The van der Waals surface area contributed by atoms with E-state index in [9.17, 15) is 9.59 Å². The van der Waals surface area contributed by atoms with Gasteiger partial charge in [0.15, 0.2) is 0 Å². The van der Waals surface area contributed by atoms with Crippen molar-refractivity contribution >= 4 is 46.8 Å². The first-order valence-corrected chi connectivity index (χ1v) is 12.8. The Labute approximate surface area is 231 Å². The number of amides is 1. The Morgan fingerprint density at radius 3 is 2.32 bits per heavy atom. The fourth-order valence-corrected chi connectivity index (χ4v) is 4.60. The van der Waals surface area contributed by atoms with Crippen molar-refractivity contribution in [2.45, 2.75) is 33.4 Å². The minimum Gasteiger partial charge on any atom is -0.444 e. The zero-order valence-electron chi connectivity index (χ0n) is 21.2. The number of aryl methyl sites for hydroxylation is 3. The highest BCUT2D eigenvalue weighted by Crippen LogP contribution is 2.25. The van der Waals surface area contributed by atoms with Gasteiger partial charge in [0.05, 0.1) is 12.2 Å². The Balaban J connectivity index is 1.52. The van der Waals surface area contributed by atoms with Crippen LogP contribution in [0.4, 0.5) is 5.69 Å². The molecule has 0 aliphatic rings. The summed E-state index contributed by atoms with van der Waals surface area (Å²) in [7, 11) is 0. The van der Waals surface area contributed by atoms with Crippen LogP contribution in [0.5, 0.6) is 0 Å². The molecule has 1 atom stereocenters.